The summed E-state index contributed by atoms with van der Waals surface area (Å²) < 4.78 is 0. The highest BCUT2D eigenvalue weighted by Crippen LogP contribution is 2.32. The van der Waals surface area contributed by atoms with Gasteiger partial charge >= 0.3 is 23.1 Å². The summed E-state index contributed by atoms with van der Waals surface area (Å²) in [4.78, 5) is 19.2. The molecule has 0 N–H and O–H groups in total. The van der Waals surface area contributed by atoms with E-state index in [2.05, 4.69) is 44.8 Å². The number of allylic oxidation sites excluding steroid dienone is 12. The van der Waals surface area contributed by atoms with Gasteiger partial charge in [0.15, 0.2) is 0 Å². The van der Waals surface area contributed by atoms with E-state index in [1.807, 2.05) is 36.5 Å². The molecule has 0 atom stereocenters. The van der Waals surface area contributed by atoms with Crippen LogP contribution in [0.5, 0.6) is 0 Å². The maximum absolute atomic E-state index is 4.93. The zero-order valence-electron chi connectivity index (χ0n) is 16.4. The van der Waals surface area contributed by atoms with Crippen LogP contribution in [0.25, 0.3) is 0 Å². The third-order valence-electron chi connectivity index (χ3n) is 5.47. The lowest BCUT2D eigenvalue weighted by atomic mass is 10.00. The zero-order chi connectivity index (χ0) is 19.4. The smallest absolute Gasteiger partial charge is 0.249 e. The summed E-state index contributed by atoms with van der Waals surface area (Å²) in [5.74, 6) is 0. The number of rotatable bonds is 0. The normalized spacial score (nSPS) is 21.9. The van der Waals surface area contributed by atoms with Crippen LogP contribution in [-0.2, 0) is 0 Å². The molecule has 5 heteroatoms. The molecule has 0 aliphatic carbocycles. The molecule has 0 spiro atoms. The summed E-state index contributed by atoms with van der Waals surface area (Å²) in [7, 11) is 0. The van der Waals surface area contributed by atoms with E-state index in [0.717, 1.165) is 56.8 Å². The van der Waals surface area contributed by atoms with Gasteiger partial charge in [0.25, 0.3) is 0 Å². The highest BCUT2D eigenvalue weighted by atomic mass is 24.3. The Bertz CT molecular complexity index is 1220. The van der Waals surface area contributed by atoms with E-state index in [-0.39, 0.29) is 23.1 Å². The van der Waals surface area contributed by atoms with Gasteiger partial charge in [-0.15, -0.1) is 0 Å². The van der Waals surface area contributed by atoms with E-state index < -0.39 is 0 Å². The molecule has 0 saturated heterocycles. The lowest BCUT2D eigenvalue weighted by Gasteiger charge is -2.07. The Kier molecular flexibility index (Phi) is 4.96. The van der Waals surface area contributed by atoms with Crippen molar-refractivity contribution in [3.05, 3.63) is 93.7 Å². The molecule has 0 unspecified atom stereocenters. The van der Waals surface area contributed by atoms with E-state index in [1.165, 1.54) is 11.1 Å². The Morgan fingerprint density at radius 2 is 1.17 bits per heavy atom. The average Bonchev–Trinajstić information content (AvgIpc) is 3.42. The topological polar surface area (TPSA) is 49.4 Å². The third kappa shape index (κ3) is 3.45. The minimum Gasteiger partial charge on any atom is -0.249 e. The van der Waals surface area contributed by atoms with Crippen LogP contribution in [0.3, 0.4) is 0 Å². The predicted octanol–water partition coefficient (Wildman–Crippen LogP) is 4.22. The zero-order valence-corrected chi connectivity index (χ0v) is 16.4. The van der Waals surface area contributed by atoms with Crippen LogP contribution in [-0.4, -0.2) is 45.9 Å². The standard InChI is InChI=1S/C24H20N4.Mg.2H/c1-13-9-21-11-19-6-5-17(25-19)10-18-7-8-20(26-18)12-22-14(2)15(3)24(28-22)16(4)23(13)27-21;;;/h5-12H,1-4H3;;;. The van der Waals surface area contributed by atoms with Crippen LogP contribution in [0.15, 0.2) is 114 Å². The van der Waals surface area contributed by atoms with Crippen molar-refractivity contribution < 1.29 is 0 Å². The first kappa shape index (κ1) is 19.7. The fraction of sp³-hybridized carbons (Fsp3) is 0.167. The van der Waals surface area contributed by atoms with E-state index in [9.17, 15) is 0 Å². The Labute approximate surface area is 186 Å². The van der Waals surface area contributed by atoms with Crippen molar-refractivity contribution in [2.24, 2.45) is 20.0 Å². The van der Waals surface area contributed by atoms with E-state index in [1.54, 1.807) is 0 Å². The maximum Gasteiger partial charge on any atom is 0.316 e. The lowest BCUT2D eigenvalue weighted by Crippen LogP contribution is -2.02. The van der Waals surface area contributed by atoms with Crippen molar-refractivity contribution in [2.45, 2.75) is 27.7 Å². The van der Waals surface area contributed by atoms with Crippen LogP contribution in [0, 0.1) is 0 Å². The highest BCUT2D eigenvalue weighted by Gasteiger charge is 2.23. The second-order valence-corrected chi connectivity index (χ2v) is 7.46. The molecule has 5 aliphatic heterocycles. The number of fused-ring (bicyclic) bond motifs is 4. The Balaban J connectivity index is 0.00000205. The first-order valence-corrected chi connectivity index (χ1v) is 9.42. The quantitative estimate of drug-likeness (QED) is 0.556. The molecule has 4 nitrogen and oxygen atoms in total. The van der Waals surface area contributed by atoms with E-state index >= 15 is 0 Å². The van der Waals surface area contributed by atoms with Gasteiger partial charge in [-0.05, 0) is 93.0 Å². The third-order valence-corrected chi connectivity index (χ3v) is 5.47. The first-order valence-electron chi connectivity index (χ1n) is 9.42. The molecular formula is C24H22MgN4. The van der Waals surface area contributed by atoms with Crippen molar-refractivity contribution in [1.29, 1.82) is 0 Å². The molecule has 0 aromatic heterocycles. The fourth-order valence-electron chi connectivity index (χ4n) is 3.82. The van der Waals surface area contributed by atoms with Crippen LogP contribution in [0.1, 0.15) is 27.7 Å². The number of hydrogen-bond donors (Lipinski definition) is 0. The highest BCUT2D eigenvalue weighted by molar-refractivity contribution is 6.19. The Morgan fingerprint density at radius 1 is 0.552 bits per heavy atom. The summed E-state index contributed by atoms with van der Waals surface area (Å²) in [6.45, 7) is 8.45. The van der Waals surface area contributed by atoms with Crippen molar-refractivity contribution in [3.63, 3.8) is 0 Å². The molecule has 5 aliphatic rings. The summed E-state index contributed by atoms with van der Waals surface area (Å²) in [6.07, 6.45) is 16.2. The molecule has 0 aromatic rings. The van der Waals surface area contributed by atoms with Gasteiger partial charge in [-0.3, -0.25) is 0 Å². The second-order valence-electron chi connectivity index (χ2n) is 7.46. The second kappa shape index (κ2) is 7.32. The van der Waals surface area contributed by atoms with Crippen molar-refractivity contribution in [1.82, 2.24) is 0 Å². The van der Waals surface area contributed by atoms with E-state index in [0.29, 0.717) is 0 Å². The van der Waals surface area contributed by atoms with Crippen LogP contribution < -0.4 is 0 Å². The van der Waals surface area contributed by atoms with Crippen LogP contribution in [0.2, 0.25) is 0 Å². The van der Waals surface area contributed by atoms with Crippen molar-refractivity contribution >= 4 is 45.9 Å². The first-order chi connectivity index (χ1) is 13.5. The average molecular weight is 391 g/mol. The molecule has 0 fully saturated rings. The Hall–Kier alpha value is -2.63. The summed E-state index contributed by atoms with van der Waals surface area (Å²) >= 11 is 0. The molecular weight excluding hydrogens is 369 g/mol. The molecule has 0 aromatic carbocycles. The van der Waals surface area contributed by atoms with Crippen molar-refractivity contribution in [2.75, 3.05) is 0 Å². The largest absolute Gasteiger partial charge is 0.316 e. The molecule has 5 rings (SSSR count). The van der Waals surface area contributed by atoms with Gasteiger partial charge in [0.1, 0.15) is 0 Å². The summed E-state index contributed by atoms with van der Waals surface area (Å²) in [5.41, 5.74) is 12.1. The van der Waals surface area contributed by atoms with Gasteiger partial charge < -0.3 is 0 Å². The minimum absolute atomic E-state index is 0. The molecule has 5 heterocycles. The van der Waals surface area contributed by atoms with Gasteiger partial charge in [0.05, 0.1) is 45.6 Å². The molecule has 0 amide bonds. The number of hydrogen-bond acceptors (Lipinski definition) is 4. The molecule has 29 heavy (non-hydrogen) atoms. The van der Waals surface area contributed by atoms with Gasteiger partial charge in [-0.2, -0.15) is 0 Å². The van der Waals surface area contributed by atoms with Crippen LogP contribution >= 0.6 is 0 Å². The Morgan fingerprint density at radius 3 is 1.86 bits per heavy atom. The predicted molar refractivity (Wildman–Crippen MR) is 126 cm³/mol. The van der Waals surface area contributed by atoms with E-state index in [4.69, 9.17) is 15.0 Å². The molecule has 140 valence electrons. The van der Waals surface area contributed by atoms with Gasteiger partial charge in [-0.1, -0.05) is 0 Å². The molecule has 0 saturated carbocycles. The van der Waals surface area contributed by atoms with Gasteiger partial charge in [0.2, 0.25) is 0 Å². The number of aliphatic imine (C=N–C) groups is 4. The SMILES string of the molecule is CC1=CC2=CC3=NC(=CC4=NC(=CC5=NC(=C(C)C1=N2)C(C)=C5C)C=C4)C=C3.[MgH2]. The lowest BCUT2D eigenvalue weighted by molar-refractivity contribution is 1.26. The van der Waals surface area contributed by atoms with Crippen molar-refractivity contribution in [3.8, 4) is 0 Å². The maximum atomic E-state index is 4.93. The monoisotopic (exact) mass is 390 g/mol. The molecule has 8 bridgehead atoms. The number of nitrogens with zero attached hydrogens (tertiary/aromatic N) is 4. The van der Waals surface area contributed by atoms with Gasteiger partial charge in [0, 0.05) is 5.57 Å². The summed E-state index contributed by atoms with van der Waals surface area (Å²) in [5, 5.41) is 0. The van der Waals surface area contributed by atoms with Crippen LogP contribution in [0.4, 0.5) is 0 Å². The fourth-order valence-corrected chi connectivity index (χ4v) is 3.82. The minimum atomic E-state index is 0. The molecule has 0 radical (unpaired) electrons. The summed E-state index contributed by atoms with van der Waals surface area (Å²) in [6, 6.07) is 0. The van der Waals surface area contributed by atoms with Gasteiger partial charge in [-0.25, -0.2) is 20.0 Å².